The first-order valence-electron chi connectivity index (χ1n) is 7.32. The van der Waals surface area contributed by atoms with Gasteiger partial charge in [0.2, 0.25) is 5.89 Å². The Morgan fingerprint density at radius 1 is 1.33 bits per heavy atom. The summed E-state index contributed by atoms with van der Waals surface area (Å²) in [6, 6.07) is 0. The fourth-order valence-electron chi connectivity index (χ4n) is 1.64. The third-order valence-corrected chi connectivity index (χ3v) is 3.41. The Labute approximate surface area is 143 Å². The summed E-state index contributed by atoms with van der Waals surface area (Å²) in [7, 11) is 0. The predicted molar refractivity (Wildman–Crippen MR) is 86.6 cm³/mol. The fraction of sp³-hybridized carbons (Fsp3) is 0.467. The Morgan fingerprint density at radius 3 is 2.75 bits per heavy atom. The number of nitrogens with one attached hydrogen (secondary N) is 1. The topological polar surface area (TPSA) is 104 Å². The quantitative estimate of drug-likeness (QED) is 0.824. The Morgan fingerprint density at radius 2 is 2.08 bits per heavy atom. The lowest BCUT2D eigenvalue weighted by molar-refractivity contribution is 0.0509. The van der Waals surface area contributed by atoms with Crippen molar-refractivity contribution in [3.63, 3.8) is 0 Å². The average molecular weight is 353 g/mol. The zero-order chi connectivity index (χ0) is 17.7. The van der Waals surface area contributed by atoms with Gasteiger partial charge < -0.3 is 19.2 Å². The van der Waals surface area contributed by atoms with E-state index < -0.39 is 17.7 Å². The lowest BCUT2D eigenvalue weighted by Gasteiger charge is -2.19. The van der Waals surface area contributed by atoms with Crippen LogP contribution in [0.15, 0.2) is 16.1 Å². The van der Waals surface area contributed by atoms with Crippen molar-refractivity contribution in [2.45, 2.75) is 39.8 Å². The number of thiazole rings is 1. The minimum atomic E-state index is -0.573. The smallest absolute Gasteiger partial charge is 0.408 e. The van der Waals surface area contributed by atoms with E-state index in [2.05, 4.69) is 15.3 Å². The molecule has 0 aliphatic heterocycles. The summed E-state index contributed by atoms with van der Waals surface area (Å²) in [4.78, 5) is 31.6. The van der Waals surface area contributed by atoms with Gasteiger partial charge in [0.15, 0.2) is 5.69 Å². The van der Waals surface area contributed by atoms with Crippen LogP contribution in [0.3, 0.4) is 0 Å². The molecule has 1 amide bonds. The fourth-order valence-corrected chi connectivity index (χ4v) is 2.38. The molecule has 8 nitrogen and oxygen atoms in total. The van der Waals surface area contributed by atoms with E-state index in [-0.39, 0.29) is 18.8 Å². The number of hydrogen-bond acceptors (Lipinski definition) is 8. The highest BCUT2D eigenvalue weighted by Gasteiger charge is 2.18. The van der Waals surface area contributed by atoms with Crippen LogP contribution in [0.1, 0.15) is 44.1 Å². The van der Waals surface area contributed by atoms with E-state index in [4.69, 9.17) is 13.9 Å². The average Bonchev–Trinajstić information content (AvgIpc) is 3.12. The molecule has 2 rings (SSSR count). The summed E-state index contributed by atoms with van der Waals surface area (Å²) in [5.74, 6) is -0.168. The molecule has 0 bridgehead atoms. The molecule has 1 N–H and O–H groups in total. The second kappa shape index (κ2) is 7.43. The monoisotopic (exact) mass is 353 g/mol. The first kappa shape index (κ1) is 17.9. The van der Waals surface area contributed by atoms with Crippen molar-refractivity contribution in [1.82, 2.24) is 15.3 Å². The van der Waals surface area contributed by atoms with E-state index in [1.165, 1.54) is 17.6 Å². The van der Waals surface area contributed by atoms with E-state index in [1.807, 2.05) is 0 Å². The van der Waals surface area contributed by atoms with Gasteiger partial charge in [-0.15, -0.1) is 11.3 Å². The molecular weight excluding hydrogens is 334 g/mol. The van der Waals surface area contributed by atoms with Gasteiger partial charge in [0, 0.05) is 5.38 Å². The Balaban J connectivity index is 1.96. The minimum Gasteiger partial charge on any atom is -0.461 e. The third kappa shape index (κ3) is 5.05. The first-order chi connectivity index (χ1) is 11.3. The van der Waals surface area contributed by atoms with E-state index in [1.54, 1.807) is 33.1 Å². The molecule has 2 aromatic rings. The van der Waals surface area contributed by atoms with Crippen LogP contribution in [-0.4, -0.2) is 34.2 Å². The molecule has 9 heteroatoms. The summed E-state index contributed by atoms with van der Waals surface area (Å²) in [6.07, 6.45) is 0.862. The molecule has 2 aromatic heterocycles. The zero-order valence-electron chi connectivity index (χ0n) is 13.9. The van der Waals surface area contributed by atoms with Gasteiger partial charge in [-0.25, -0.2) is 19.6 Å². The molecule has 0 saturated heterocycles. The molecule has 0 atom stereocenters. The first-order valence-corrected chi connectivity index (χ1v) is 8.20. The maximum atomic E-state index is 11.6. The van der Waals surface area contributed by atoms with Crippen molar-refractivity contribution >= 4 is 23.4 Å². The van der Waals surface area contributed by atoms with E-state index >= 15 is 0 Å². The summed E-state index contributed by atoms with van der Waals surface area (Å²) in [5.41, 5.74) is 0.140. The molecule has 24 heavy (non-hydrogen) atoms. The summed E-state index contributed by atoms with van der Waals surface area (Å²) in [6.45, 7) is 7.44. The van der Waals surface area contributed by atoms with Crippen LogP contribution in [0.25, 0.3) is 10.7 Å². The molecular formula is C15H19N3O5S. The third-order valence-electron chi connectivity index (χ3n) is 2.54. The molecule has 0 aliphatic rings. The zero-order valence-corrected chi connectivity index (χ0v) is 14.7. The highest BCUT2D eigenvalue weighted by Crippen LogP contribution is 2.23. The van der Waals surface area contributed by atoms with Crippen molar-refractivity contribution in [2.75, 3.05) is 6.61 Å². The van der Waals surface area contributed by atoms with Gasteiger partial charge in [0.25, 0.3) is 0 Å². The SMILES string of the molecule is CCOC(=O)c1csc(-c2coc(CNC(=O)OC(C)(C)C)n2)n1. The van der Waals surface area contributed by atoms with Gasteiger partial charge in [0.1, 0.15) is 22.6 Å². The van der Waals surface area contributed by atoms with Gasteiger partial charge in [-0.2, -0.15) is 0 Å². The summed E-state index contributed by atoms with van der Waals surface area (Å²) >= 11 is 1.26. The van der Waals surface area contributed by atoms with Gasteiger partial charge >= 0.3 is 12.1 Å². The molecule has 0 spiro atoms. The lowest BCUT2D eigenvalue weighted by Crippen LogP contribution is -2.32. The lowest BCUT2D eigenvalue weighted by atomic mass is 10.2. The number of carbonyl (C=O) groups excluding carboxylic acids is 2. The van der Waals surface area contributed by atoms with E-state index in [9.17, 15) is 9.59 Å². The number of ether oxygens (including phenoxy) is 2. The highest BCUT2D eigenvalue weighted by molar-refractivity contribution is 7.13. The van der Waals surface area contributed by atoms with Crippen LogP contribution >= 0.6 is 11.3 Å². The number of alkyl carbamates (subject to hydrolysis) is 1. The number of rotatable bonds is 5. The van der Waals surface area contributed by atoms with Gasteiger partial charge in [-0.1, -0.05) is 0 Å². The van der Waals surface area contributed by atoms with Crippen molar-refractivity contribution in [3.05, 3.63) is 23.2 Å². The Kier molecular flexibility index (Phi) is 5.55. The van der Waals surface area contributed by atoms with Crippen LogP contribution in [0.5, 0.6) is 0 Å². The van der Waals surface area contributed by atoms with Gasteiger partial charge in [-0.05, 0) is 27.7 Å². The van der Waals surface area contributed by atoms with Crippen LogP contribution in [0.4, 0.5) is 4.79 Å². The summed E-state index contributed by atoms with van der Waals surface area (Å²) in [5, 5.41) is 4.68. The molecule has 130 valence electrons. The second-order valence-corrected chi connectivity index (χ2v) is 6.60. The van der Waals surface area contributed by atoms with Gasteiger partial charge in [-0.3, -0.25) is 0 Å². The second-order valence-electron chi connectivity index (χ2n) is 5.74. The number of carbonyl (C=O) groups is 2. The maximum Gasteiger partial charge on any atom is 0.408 e. The number of aromatic nitrogens is 2. The van der Waals surface area contributed by atoms with Crippen molar-refractivity contribution in [3.8, 4) is 10.7 Å². The largest absolute Gasteiger partial charge is 0.461 e. The Bertz CT molecular complexity index is 717. The minimum absolute atomic E-state index is 0.0883. The summed E-state index contributed by atoms with van der Waals surface area (Å²) < 4.78 is 15.3. The van der Waals surface area contributed by atoms with E-state index in [0.29, 0.717) is 16.6 Å². The number of oxazole rings is 1. The highest BCUT2D eigenvalue weighted by atomic mass is 32.1. The van der Waals surface area contributed by atoms with E-state index in [0.717, 1.165) is 0 Å². The van der Waals surface area contributed by atoms with Crippen LogP contribution < -0.4 is 5.32 Å². The molecule has 0 aliphatic carbocycles. The predicted octanol–water partition coefficient (Wildman–Crippen LogP) is 3.00. The van der Waals surface area contributed by atoms with Crippen molar-refractivity contribution in [1.29, 1.82) is 0 Å². The number of amides is 1. The maximum absolute atomic E-state index is 11.6. The Hall–Kier alpha value is -2.42. The molecule has 2 heterocycles. The van der Waals surface area contributed by atoms with Crippen molar-refractivity contribution in [2.24, 2.45) is 0 Å². The molecule has 0 unspecified atom stereocenters. The number of esters is 1. The number of nitrogens with zero attached hydrogens (tertiary/aromatic N) is 2. The van der Waals surface area contributed by atoms with Gasteiger partial charge in [0.05, 0.1) is 13.2 Å². The normalized spacial score (nSPS) is 11.2. The van der Waals surface area contributed by atoms with Crippen molar-refractivity contribution < 1.29 is 23.5 Å². The van der Waals surface area contributed by atoms with Crippen LogP contribution in [-0.2, 0) is 16.0 Å². The molecule has 0 fully saturated rings. The molecule has 0 saturated carbocycles. The number of hydrogen-bond donors (Lipinski definition) is 1. The van der Waals surface area contributed by atoms with Crippen LogP contribution in [0.2, 0.25) is 0 Å². The molecule has 0 radical (unpaired) electrons. The molecule has 0 aromatic carbocycles. The van der Waals surface area contributed by atoms with Crippen LogP contribution in [0, 0.1) is 0 Å². The standard InChI is InChI=1S/C15H19N3O5S/c1-5-21-13(19)10-8-24-12(18-10)9-7-22-11(17-9)6-16-14(20)23-15(2,3)4/h7-8H,5-6H2,1-4H3,(H,16,20).